The maximum absolute atomic E-state index is 13.7. The van der Waals surface area contributed by atoms with Gasteiger partial charge in [-0.1, -0.05) is 60.7 Å². The van der Waals surface area contributed by atoms with E-state index in [1.54, 1.807) is 17.0 Å². The van der Waals surface area contributed by atoms with Gasteiger partial charge in [-0.05, 0) is 39.8 Å². The van der Waals surface area contributed by atoms with Crippen molar-refractivity contribution in [1.29, 1.82) is 0 Å². The number of aromatic nitrogens is 4. The molecule has 14 heteroatoms. The van der Waals surface area contributed by atoms with Gasteiger partial charge in [-0.15, -0.1) is 5.10 Å². The van der Waals surface area contributed by atoms with Crippen molar-refractivity contribution in [3.63, 3.8) is 0 Å². The van der Waals surface area contributed by atoms with Gasteiger partial charge in [0.2, 0.25) is 0 Å². The number of piperazine rings is 2. The molecular weight excluding hydrogens is 627 g/mol. The third-order valence-corrected chi connectivity index (χ3v) is 8.95. The first-order chi connectivity index (χ1) is 23.1. The molecule has 1 amide bonds. The van der Waals surface area contributed by atoms with E-state index in [0.29, 0.717) is 55.3 Å². The van der Waals surface area contributed by atoms with Crippen molar-refractivity contribution >= 4 is 11.9 Å². The fourth-order valence-corrected chi connectivity index (χ4v) is 6.87. The average molecular weight is 664 g/mol. The molecular formula is C34H36F3N7O4. The van der Waals surface area contributed by atoms with E-state index in [2.05, 4.69) is 49.6 Å². The van der Waals surface area contributed by atoms with Gasteiger partial charge in [0, 0.05) is 69.8 Å². The zero-order valence-electron chi connectivity index (χ0n) is 26.6. The number of benzene rings is 3. The largest absolute Gasteiger partial charge is 0.496 e. The standard InChI is InChI=1S/C34H36F3N7O4/c1-23(45)48-22-31(46)42-15-16-43-28(20-42)19-41(21-29(43)32(24-9-5-3-6-10-24)25-11-7-4-8-12-25)18-26-17-27(13-14-30(26)47-2)44-33(34(35,36)37)38-39-40-44/h3-14,17,28-29,32H,15-16,18-22H2,1-2H3/t28-,29+/m1/s1. The van der Waals surface area contributed by atoms with E-state index in [9.17, 15) is 22.8 Å². The maximum atomic E-state index is 13.7. The number of tetrazole rings is 1. The number of fused-ring (bicyclic) bond motifs is 1. The van der Waals surface area contributed by atoms with Crippen LogP contribution in [0.5, 0.6) is 5.75 Å². The van der Waals surface area contributed by atoms with E-state index >= 15 is 0 Å². The molecule has 0 saturated carbocycles. The molecule has 3 heterocycles. The van der Waals surface area contributed by atoms with Crippen molar-refractivity contribution in [2.24, 2.45) is 0 Å². The summed E-state index contributed by atoms with van der Waals surface area (Å²) in [6.07, 6.45) is -4.74. The lowest BCUT2D eigenvalue weighted by atomic mass is 9.81. The van der Waals surface area contributed by atoms with Crippen molar-refractivity contribution in [3.05, 3.63) is 101 Å². The molecule has 0 aliphatic carbocycles. The molecule has 2 atom stereocenters. The smallest absolute Gasteiger partial charge is 0.453 e. The van der Waals surface area contributed by atoms with Crippen LogP contribution in [-0.2, 0) is 27.0 Å². The van der Waals surface area contributed by atoms with Gasteiger partial charge >= 0.3 is 12.1 Å². The first-order valence-electron chi connectivity index (χ1n) is 15.6. The molecule has 3 aromatic carbocycles. The molecule has 2 saturated heterocycles. The highest BCUT2D eigenvalue weighted by molar-refractivity contribution is 5.80. The SMILES string of the molecule is COc1ccc(-n2nnnc2C(F)(F)F)cc1CN1C[C@@H]2CN(C(=O)COC(C)=O)CCN2[C@H](C(c2ccccc2)c2ccccc2)C1. The van der Waals surface area contributed by atoms with Crippen molar-refractivity contribution in [2.45, 2.75) is 37.6 Å². The van der Waals surface area contributed by atoms with Crippen molar-refractivity contribution in [2.75, 3.05) is 46.4 Å². The molecule has 0 bridgehead atoms. The van der Waals surface area contributed by atoms with Crippen LogP contribution in [0.2, 0.25) is 0 Å². The number of carbonyl (C=O) groups is 2. The van der Waals surface area contributed by atoms with Crippen LogP contribution in [0.25, 0.3) is 5.69 Å². The van der Waals surface area contributed by atoms with Gasteiger partial charge in [-0.2, -0.15) is 17.9 Å². The van der Waals surface area contributed by atoms with E-state index < -0.39 is 18.0 Å². The quantitative estimate of drug-likeness (QED) is 0.248. The third kappa shape index (κ3) is 7.19. The average Bonchev–Trinajstić information content (AvgIpc) is 3.59. The Hall–Kier alpha value is -4.82. The van der Waals surface area contributed by atoms with Crippen LogP contribution in [0.4, 0.5) is 13.2 Å². The fourth-order valence-electron chi connectivity index (χ4n) is 6.87. The molecule has 0 unspecified atom stereocenters. The summed E-state index contributed by atoms with van der Waals surface area (Å²) in [5.41, 5.74) is 3.13. The summed E-state index contributed by atoms with van der Waals surface area (Å²) < 4.78 is 52.3. The highest BCUT2D eigenvalue weighted by Crippen LogP contribution is 2.37. The molecule has 0 radical (unpaired) electrons. The minimum absolute atomic E-state index is 0.00945. The highest BCUT2D eigenvalue weighted by atomic mass is 19.4. The Bertz CT molecular complexity index is 1680. The van der Waals surface area contributed by atoms with Crippen LogP contribution < -0.4 is 4.74 Å². The lowest BCUT2D eigenvalue weighted by Gasteiger charge is -2.53. The number of nitrogens with zero attached hydrogens (tertiary/aromatic N) is 7. The second kappa shape index (κ2) is 14.1. The van der Waals surface area contributed by atoms with E-state index in [1.807, 2.05) is 36.4 Å². The summed E-state index contributed by atoms with van der Waals surface area (Å²) in [6, 6.07) is 25.2. The molecule has 0 N–H and O–H groups in total. The predicted octanol–water partition coefficient (Wildman–Crippen LogP) is 3.78. The Balaban J connectivity index is 1.35. The van der Waals surface area contributed by atoms with Crippen LogP contribution in [0.1, 0.15) is 35.4 Å². The van der Waals surface area contributed by atoms with E-state index in [1.165, 1.54) is 20.1 Å². The lowest BCUT2D eigenvalue weighted by molar-refractivity contribution is -0.152. The van der Waals surface area contributed by atoms with Crippen LogP contribution >= 0.6 is 0 Å². The van der Waals surface area contributed by atoms with Gasteiger partial charge in [0.15, 0.2) is 6.61 Å². The predicted molar refractivity (Wildman–Crippen MR) is 168 cm³/mol. The Morgan fingerprint density at radius 3 is 2.25 bits per heavy atom. The van der Waals surface area contributed by atoms with Gasteiger partial charge in [-0.25, -0.2) is 0 Å². The van der Waals surface area contributed by atoms with Gasteiger partial charge < -0.3 is 14.4 Å². The number of alkyl halides is 3. The normalized spacial score (nSPS) is 18.8. The Morgan fingerprint density at radius 2 is 1.62 bits per heavy atom. The minimum Gasteiger partial charge on any atom is -0.496 e. The molecule has 2 fully saturated rings. The summed E-state index contributed by atoms with van der Waals surface area (Å²) in [5.74, 6) is -1.48. The lowest BCUT2D eigenvalue weighted by Crippen LogP contribution is -2.67. The number of esters is 1. The minimum atomic E-state index is -4.74. The highest BCUT2D eigenvalue weighted by Gasteiger charge is 2.43. The number of methoxy groups -OCH3 is 1. The second-order valence-corrected chi connectivity index (χ2v) is 12.0. The molecule has 11 nitrogen and oxygen atoms in total. The van der Waals surface area contributed by atoms with E-state index in [-0.39, 0.29) is 36.2 Å². The fraction of sp³-hybridized carbons (Fsp3) is 0.382. The maximum Gasteiger partial charge on any atom is 0.453 e. The Morgan fingerprint density at radius 1 is 0.938 bits per heavy atom. The molecule has 1 aromatic heterocycles. The summed E-state index contributed by atoms with van der Waals surface area (Å²) in [7, 11) is 1.52. The Labute approximate surface area is 275 Å². The molecule has 0 spiro atoms. The number of halogens is 3. The summed E-state index contributed by atoms with van der Waals surface area (Å²) >= 11 is 0. The van der Waals surface area contributed by atoms with Crippen molar-refractivity contribution < 1.29 is 32.2 Å². The summed E-state index contributed by atoms with van der Waals surface area (Å²) in [5, 5.41) is 10.1. The third-order valence-electron chi connectivity index (χ3n) is 8.95. The summed E-state index contributed by atoms with van der Waals surface area (Å²) in [6.45, 7) is 4.09. The molecule has 6 rings (SSSR count). The number of hydrogen-bond donors (Lipinski definition) is 0. The molecule has 2 aliphatic heterocycles. The number of carbonyl (C=O) groups excluding carboxylic acids is 2. The zero-order chi connectivity index (χ0) is 33.8. The van der Waals surface area contributed by atoms with Gasteiger partial charge in [0.1, 0.15) is 5.75 Å². The van der Waals surface area contributed by atoms with Crippen molar-refractivity contribution in [3.8, 4) is 11.4 Å². The monoisotopic (exact) mass is 663 g/mol. The Kier molecular flexibility index (Phi) is 9.73. The number of hydrogen-bond acceptors (Lipinski definition) is 9. The van der Waals surface area contributed by atoms with Gasteiger partial charge in [0.25, 0.3) is 11.7 Å². The first kappa shape index (κ1) is 33.1. The molecule has 2 aliphatic rings. The summed E-state index contributed by atoms with van der Waals surface area (Å²) in [4.78, 5) is 30.9. The van der Waals surface area contributed by atoms with E-state index in [0.717, 1.165) is 11.1 Å². The second-order valence-electron chi connectivity index (χ2n) is 12.0. The van der Waals surface area contributed by atoms with Gasteiger partial charge in [0.05, 0.1) is 12.8 Å². The van der Waals surface area contributed by atoms with Crippen molar-refractivity contribution in [1.82, 2.24) is 34.9 Å². The number of amides is 1. The van der Waals surface area contributed by atoms with E-state index in [4.69, 9.17) is 9.47 Å². The van der Waals surface area contributed by atoms with Crippen LogP contribution in [-0.4, -0.2) is 105 Å². The van der Waals surface area contributed by atoms with Crippen LogP contribution in [0, 0.1) is 0 Å². The molecule has 4 aromatic rings. The van der Waals surface area contributed by atoms with Crippen LogP contribution in [0.15, 0.2) is 78.9 Å². The van der Waals surface area contributed by atoms with Crippen LogP contribution in [0.3, 0.4) is 0 Å². The topological polar surface area (TPSA) is 106 Å². The number of rotatable bonds is 9. The first-order valence-corrected chi connectivity index (χ1v) is 15.6. The van der Waals surface area contributed by atoms with Gasteiger partial charge in [-0.3, -0.25) is 19.4 Å². The zero-order valence-corrected chi connectivity index (χ0v) is 26.6. The molecule has 48 heavy (non-hydrogen) atoms. The molecule has 252 valence electrons. The number of ether oxygens (including phenoxy) is 2.